The highest BCUT2D eigenvalue weighted by Crippen LogP contribution is 2.33. The Morgan fingerprint density at radius 1 is 1.30 bits per heavy atom. The van der Waals surface area contributed by atoms with Crippen molar-refractivity contribution in [2.24, 2.45) is 0 Å². The van der Waals surface area contributed by atoms with E-state index in [0.717, 1.165) is 0 Å². The Morgan fingerprint density at radius 2 is 2.10 bits per heavy atom. The van der Waals surface area contributed by atoms with Crippen LogP contribution in [0.25, 0.3) is 0 Å². The first-order chi connectivity index (χ1) is 9.63. The van der Waals surface area contributed by atoms with Crippen LogP contribution in [-0.2, 0) is 0 Å². The second-order valence-electron chi connectivity index (χ2n) is 3.85. The van der Waals surface area contributed by atoms with E-state index in [9.17, 15) is 4.79 Å². The number of nitrogens with zero attached hydrogens (tertiary/aromatic N) is 1. The Bertz CT molecular complexity index is 632. The van der Waals surface area contributed by atoms with Gasteiger partial charge >= 0.3 is 0 Å². The lowest BCUT2D eigenvalue weighted by Crippen LogP contribution is -2.14. The van der Waals surface area contributed by atoms with Crippen molar-refractivity contribution in [1.29, 1.82) is 0 Å². The first-order valence-corrected chi connectivity index (χ1v) is 6.72. The van der Waals surface area contributed by atoms with Crippen molar-refractivity contribution in [1.82, 2.24) is 4.98 Å². The van der Waals surface area contributed by atoms with Crippen LogP contribution in [0, 0.1) is 0 Å². The minimum Gasteiger partial charge on any atom is -0.490 e. The third kappa shape index (κ3) is 3.21. The number of para-hydroxylation sites is 1. The van der Waals surface area contributed by atoms with Gasteiger partial charge in [0, 0.05) is 6.20 Å². The minimum absolute atomic E-state index is 0.144. The Hall–Kier alpha value is -1.78. The Morgan fingerprint density at radius 3 is 2.80 bits per heavy atom. The average molecular weight is 311 g/mol. The summed E-state index contributed by atoms with van der Waals surface area (Å²) in [5, 5.41) is 3.30. The monoisotopic (exact) mass is 310 g/mol. The van der Waals surface area contributed by atoms with Gasteiger partial charge in [-0.25, -0.2) is 4.98 Å². The van der Waals surface area contributed by atoms with Gasteiger partial charge in [-0.2, -0.15) is 0 Å². The molecule has 6 heteroatoms. The van der Waals surface area contributed by atoms with Crippen LogP contribution >= 0.6 is 23.2 Å². The number of pyridine rings is 1. The number of hydrogen-bond donors (Lipinski definition) is 1. The van der Waals surface area contributed by atoms with Crippen LogP contribution < -0.4 is 10.1 Å². The van der Waals surface area contributed by atoms with Gasteiger partial charge in [0.1, 0.15) is 5.15 Å². The predicted molar refractivity (Wildman–Crippen MR) is 79.8 cm³/mol. The van der Waals surface area contributed by atoms with Crippen LogP contribution in [0.1, 0.15) is 17.3 Å². The average Bonchev–Trinajstić information content (AvgIpc) is 2.43. The molecule has 20 heavy (non-hydrogen) atoms. The molecule has 0 spiro atoms. The molecule has 0 aliphatic rings. The maximum atomic E-state index is 12.2. The molecule has 0 saturated carbocycles. The topological polar surface area (TPSA) is 51.2 Å². The van der Waals surface area contributed by atoms with E-state index in [2.05, 4.69) is 10.3 Å². The van der Waals surface area contributed by atoms with Crippen LogP contribution in [0.15, 0.2) is 36.5 Å². The van der Waals surface area contributed by atoms with E-state index in [1.165, 1.54) is 6.20 Å². The molecule has 0 aliphatic heterocycles. The Labute approximate surface area is 126 Å². The van der Waals surface area contributed by atoms with Crippen molar-refractivity contribution < 1.29 is 9.53 Å². The quantitative estimate of drug-likeness (QED) is 0.867. The van der Waals surface area contributed by atoms with Gasteiger partial charge < -0.3 is 10.1 Å². The molecule has 0 atom stereocenters. The highest BCUT2D eigenvalue weighted by molar-refractivity contribution is 6.34. The number of aromatic nitrogens is 1. The number of hydrogen-bond acceptors (Lipinski definition) is 3. The third-order valence-corrected chi connectivity index (χ3v) is 3.11. The van der Waals surface area contributed by atoms with Crippen LogP contribution in [-0.4, -0.2) is 17.5 Å². The smallest absolute Gasteiger partial charge is 0.258 e. The summed E-state index contributed by atoms with van der Waals surface area (Å²) in [5.41, 5.74) is 0.779. The Kier molecular flexibility index (Phi) is 4.82. The molecular formula is C14H12Cl2N2O2. The van der Waals surface area contributed by atoms with Gasteiger partial charge in [0.15, 0.2) is 5.75 Å². The summed E-state index contributed by atoms with van der Waals surface area (Å²) in [5.74, 6) is 0.0661. The van der Waals surface area contributed by atoms with E-state index >= 15 is 0 Å². The number of carbonyl (C=O) groups excluding carboxylic acids is 1. The molecule has 1 heterocycles. The van der Waals surface area contributed by atoms with Gasteiger partial charge in [0.05, 0.1) is 22.9 Å². The maximum Gasteiger partial charge on any atom is 0.258 e. The molecule has 0 aliphatic carbocycles. The molecule has 1 amide bonds. The summed E-state index contributed by atoms with van der Waals surface area (Å²) in [6.07, 6.45) is 1.52. The molecular weight excluding hydrogens is 299 g/mol. The number of halogens is 2. The number of amides is 1. The number of ether oxygens (including phenoxy) is 1. The number of carbonyl (C=O) groups is 1. The van der Waals surface area contributed by atoms with Crippen molar-refractivity contribution >= 4 is 34.8 Å². The number of benzene rings is 1. The SMILES string of the molecule is CCOc1c(Cl)cccc1NC(=O)c1cccnc1Cl. The molecule has 4 nitrogen and oxygen atoms in total. The van der Waals surface area contributed by atoms with Crippen LogP contribution in [0.3, 0.4) is 0 Å². The van der Waals surface area contributed by atoms with E-state index in [0.29, 0.717) is 23.1 Å². The van der Waals surface area contributed by atoms with E-state index in [1.807, 2.05) is 6.92 Å². The summed E-state index contributed by atoms with van der Waals surface area (Å²) in [7, 11) is 0. The predicted octanol–water partition coefficient (Wildman–Crippen LogP) is 4.04. The fourth-order valence-electron chi connectivity index (χ4n) is 1.64. The molecule has 0 unspecified atom stereocenters. The fourth-order valence-corrected chi connectivity index (χ4v) is 2.08. The minimum atomic E-state index is -0.369. The zero-order valence-electron chi connectivity index (χ0n) is 10.7. The molecule has 1 N–H and O–H groups in total. The standard InChI is InChI=1S/C14H12Cl2N2O2/c1-2-20-12-10(15)6-3-7-11(12)18-14(19)9-5-4-8-17-13(9)16/h3-8H,2H2,1H3,(H,18,19). The highest BCUT2D eigenvalue weighted by Gasteiger charge is 2.14. The summed E-state index contributed by atoms with van der Waals surface area (Å²) in [6, 6.07) is 8.36. The van der Waals surface area contributed by atoms with E-state index < -0.39 is 0 Å². The molecule has 1 aromatic heterocycles. The van der Waals surface area contributed by atoms with E-state index in [-0.39, 0.29) is 16.6 Å². The molecule has 104 valence electrons. The molecule has 0 bridgehead atoms. The van der Waals surface area contributed by atoms with Gasteiger partial charge in [-0.05, 0) is 31.2 Å². The Balaban J connectivity index is 2.29. The fraction of sp³-hybridized carbons (Fsp3) is 0.143. The zero-order chi connectivity index (χ0) is 14.5. The number of anilines is 1. The summed E-state index contributed by atoms with van der Waals surface area (Å²) in [6.45, 7) is 2.28. The molecule has 0 saturated heterocycles. The van der Waals surface area contributed by atoms with Crippen LogP contribution in [0.2, 0.25) is 10.2 Å². The second-order valence-corrected chi connectivity index (χ2v) is 4.61. The van der Waals surface area contributed by atoms with Crippen molar-refractivity contribution in [3.8, 4) is 5.75 Å². The van der Waals surface area contributed by atoms with Gasteiger partial charge in [0.25, 0.3) is 5.91 Å². The van der Waals surface area contributed by atoms with E-state index in [4.69, 9.17) is 27.9 Å². The first-order valence-electron chi connectivity index (χ1n) is 5.96. The highest BCUT2D eigenvalue weighted by atomic mass is 35.5. The van der Waals surface area contributed by atoms with Crippen LogP contribution in [0.5, 0.6) is 5.75 Å². The van der Waals surface area contributed by atoms with E-state index in [1.54, 1.807) is 30.3 Å². The van der Waals surface area contributed by atoms with Crippen molar-refractivity contribution in [3.63, 3.8) is 0 Å². The number of rotatable bonds is 4. The molecule has 0 radical (unpaired) electrons. The summed E-state index contributed by atoms with van der Waals surface area (Å²) >= 11 is 11.9. The molecule has 2 aromatic rings. The van der Waals surface area contributed by atoms with Crippen molar-refractivity contribution in [2.45, 2.75) is 6.92 Å². The molecule has 1 aromatic carbocycles. The van der Waals surface area contributed by atoms with Crippen LogP contribution in [0.4, 0.5) is 5.69 Å². The maximum absolute atomic E-state index is 12.2. The third-order valence-electron chi connectivity index (χ3n) is 2.51. The molecule has 0 fully saturated rings. The normalized spacial score (nSPS) is 10.2. The lowest BCUT2D eigenvalue weighted by atomic mass is 10.2. The first kappa shape index (κ1) is 14.6. The largest absolute Gasteiger partial charge is 0.490 e. The van der Waals surface area contributed by atoms with Gasteiger partial charge in [-0.15, -0.1) is 0 Å². The lowest BCUT2D eigenvalue weighted by Gasteiger charge is -2.13. The van der Waals surface area contributed by atoms with Crippen molar-refractivity contribution in [2.75, 3.05) is 11.9 Å². The molecule has 2 rings (SSSR count). The van der Waals surface area contributed by atoms with Gasteiger partial charge in [-0.1, -0.05) is 29.3 Å². The summed E-state index contributed by atoms with van der Waals surface area (Å²) < 4.78 is 5.44. The zero-order valence-corrected chi connectivity index (χ0v) is 12.2. The van der Waals surface area contributed by atoms with Gasteiger partial charge in [-0.3, -0.25) is 4.79 Å². The second kappa shape index (κ2) is 6.59. The van der Waals surface area contributed by atoms with Crippen molar-refractivity contribution in [3.05, 3.63) is 52.3 Å². The summed E-state index contributed by atoms with van der Waals surface area (Å²) in [4.78, 5) is 16.0. The number of nitrogens with one attached hydrogen (secondary N) is 1. The van der Waals surface area contributed by atoms with Gasteiger partial charge in [0.2, 0.25) is 0 Å². The lowest BCUT2D eigenvalue weighted by molar-refractivity contribution is 0.102.